The number of hydrogen-bond acceptors (Lipinski definition) is 5. The molecular formula is C24H20N2O5S. The van der Waals surface area contributed by atoms with Crippen LogP contribution >= 0.6 is 0 Å². The van der Waals surface area contributed by atoms with Crippen LogP contribution in [0.1, 0.15) is 15.9 Å². The van der Waals surface area contributed by atoms with E-state index in [1.165, 1.54) is 18.2 Å². The molecule has 0 aliphatic carbocycles. The summed E-state index contributed by atoms with van der Waals surface area (Å²) in [5.41, 5.74) is 1.44. The van der Waals surface area contributed by atoms with Crippen molar-refractivity contribution in [2.24, 2.45) is 0 Å². The third-order valence-electron chi connectivity index (χ3n) is 4.54. The molecule has 7 nitrogen and oxygen atoms in total. The van der Waals surface area contributed by atoms with Crippen molar-refractivity contribution in [3.05, 3.63) is 83.9 Å². The van der Waals surface area contributed by atoms with E-state index in [9.17, 15) is 13.2 Å². The highest BCUT2D eigenvalue weighted by Crippen LogP contribution is 2.32. The fourth-order valence-electron chi connectivity index (χ4n) is 3.02. The largest absolute Gasteiger partial charge is 0.486 e. The van der Waals surface area contributed by atoms with Crippen molar-refractivity contribution in [1.82, 2.24) is 5.32 Å². The van der Waals surface area contributed by atoms with Crippen molar-refractivity contribution in [2.75, 3.05) is 24.5 Å². The predicted octanol–water partition coefficient (Wildman–Crippen LogP) is 3.04. The Hall–Kier alpha value is -3.96. The van der Waals surface area contributed by atoms with Crippen LogP contribution in [0.5, 0.6) is 11.5 Å². The van der Waals surface area contributed by atoms with Gasteiger partial charge in [-0.1, -0.05) is 36.1 Å². The van der Waals surface area contributed by atoms with Gasteiger partial charge in [-0.3, -0.25) is 9.52 Å². The van der Waals surface area contributed by atoms with Gasteiger partial charge in [0.25, 0.3) is 15.9 Å². The van der Waals surface area contributed by atoms with Gasteiger partial charge < -0.3 is 14.8 Å². The standard InChI is InChI=1S/C24H20N2O5S/c27-24(25-13-5-8-18-6-2-1-3-7-18)19-9-4-10-20(16-19)26-32(28,29)21-11-12-22-23(17-21)31-15-14-30-22/h1-4,6-7,9-12,16-17,26H,13-15H2,(H,25,27). The van der Waals surface area contributed by atoms with Crippen LogP contribution in [0.2, 0.25) is 0 Å². The Bertz CT molecular complexity index is 1290. The monoisotopic (exact) mass is 448 g/mol. The minimum absolute atomic E-state index is 0.0350. The lowest BCUT2D eigenvalue weighted by molar-refractivity contribution is 0.0958. The maximum atomic E-state index is 12.8. The van der Waals surface area contributed by atoms with Gasteiger partial charge in [0.15, 0.2) is 11.5 Å². The number of rotatable bonds is 5. The van der Waals surface area contributed by atoms with E-state index >= 15 is 0 Å². The first kappa shape index (κ1) is 21.3. The number of carbonyl (C=O) groups is 1. The fraction of sp³-hybridized carbons (Fsp3) is 0.125. The van der Waals surface area contributed by atoms with Crippen LogP contribution in [0.4, 0.5) is 5.69 Å². The van der Waals surface area contributed by atoms with Gasteiger partial charge in [-0.25, -0.2) is 8.42 Å². The molecule has 1 heterocycles. The zero-order valence-electron chi connectivity index (χ0n) is 17.0. The quantitative estimate of drug-likeness (QED) is 0.585. The van der Waals surface area contributed by atoms with Gasteiger partial charge in [0.05, 0.1) is 11.4 Å². The molecule has 0 saturated carbocycles. The van der Waals surface area contributed by atoms with E-state index in [1.54, 1.807) is 24.3 Å². The summed E-state index contributed by atoms with van der Waals surface area (Å²) in [5, 5.41) is 2.70. The second-order valence-electron chi connectivity index (χ2n) is 6.84. The zero-order valence-corrected chi connectivity index (χ0v) is 17.8. The first-order chi connectivity index (χ1) is 15.5. The Kier molecular flexibility index (Phi) is 6.29. The van der Waals surface area contributed by atoms with Crippen LogP contribution < -0.4 is 19.5 Å². The molecule has 1 aliphatic heterocycles. The molecule has 162 valence electrons. The molecule has 0 atom stereocenters. The molecule has 0 bridgehead atoms. The Morgan fingerprint density at radius 2 is 1.69 bits per heavy atom. The molecule has 8 heteroatoms. The number of nitrogens with one attached hydrogen (secondary N) is 2. The first-order valence-electron chi connectivity index (χ1n) is 9.86. The number of amides is 1. The molecule has 1 aliphatic rings. The highest BCUT2D eigenvalue weighted by atomic mass is 32.2. The van der Waals surface area contributed by atoms with Gasteiger partial charge in [0.2, 0.25) is 0 Å². The van der Waals surface area contributed by atoms with Gasteiger partial charge in [-0.15, -0.1) is 0 Å². The Morgan fingerprint density at radius 1 is 0.906 bits per heavy atom. The zero-order chi connectivity index (χ0) is 22.4. The fourth-order valence-corrected chi connectivity index (χ4v) is 4.09. The third-order valence-corrected chi connectivity index (χ3v) is 5.92. The molecule has 0 spiro atoms. The van der Waals surface area contributed by atoms with Gasteiger partial charge >= 0.3 is 0 Å². The summed E-state index contributed by atoms with van der Waals surface area (Å²) in [7, 11) is -3.88. The lowest BCUT2D eigenvalue weighted by Gasteiger charge is -2.19. The van der Waals surface area contributed by atoms with E-state index in [2.05, 4.69) is 21.9 Å². The SMILES string of the molecule is O=C(NCC#Cc1ccccc1)c1cccc(NS(=O)(=O)c2ccc3c(c2)OCCO3)c1. The van der Waals surface area contributed by atoms with Gasteiger partial charge in [-0.2, -0.15) is 0 Å². The molecule has 2 N–H and O–H groups in total. The van der Waals surface area contributed by atoms with E-state index < -0.39 is 10.0 Å². The van der Waals surface area contributed by atoms with Gasteiger partial charge in [-0.05, 0) is 42.5 Å². The molecule has 1 amide bonds. The topological polar surface area (TPSA) is 93.7 Å². The molecule has 0 aromatic heterocycles. The second-order valence-corrected chi connectivity index (χ2v) is 8.52. The molecule has 0 saturated heterocycles. The maximum Gasteiger partial charge on any atom is 0.262 e. The number of benzene rings is 3. The van der Waals surface area contributed by atoms with E-state index in [-0.39, 0.29) is 23.0 Å². The number of sulfonamides is 1. The van der Waals surface area contributed by atoms with Crippen molar-refractivity contribution < 1.29 is 22.7 Å². The van der Waals surface area contributed by atoms with Crippen LogP contribution in [-0.2, 0) is 10.0 Å². The molecule has 0 radical (unpaired) electrons. The number of ether oxygens (including phenoxy) is 2. The van der Waals surface area contributed by atoms with Crippen LogP contribution in [0.3, 0.4) is 0 Å². The van der Waals surface area contributed by atoms with Gasteiger partial charge in [0, 0.05) is 22.9 Å². The predicted molar refractivity (Wildman–Crippen MR) is 120 cm³/mol. The van der Waals surface area contributed by atoms with Crippen LogP contribution in [0, 0.1) is 11.8 Å². The summed E-state index contributed by atoms with van der Waals surface area (Å²) in [6.45, 7) is 0.946. The van der Waals surface area contributed by atoms with E-state index in [0.717, 1.165) is 5.56 Å². The lowest BCUT2D eigenvalue weighted by Crippen LogP contribution is -2.23. The van der Waals surface area contributed by atoms with Crippen molar-refractivity contribution in [3.8, 4) is 23.3 Å². The number of anilines is 1. The Balaban J connectivity index is 1.42. The highest BCUT2D eigenvalue weighted by Gasteiger charge is 2.20. The molecule has 0 fully saturated rings. The van der Waals surface area contributed by atoms with E-state index in [0.29, 0.717) is 30.3 Å². The van der Waals surface area contributed by atoms with Crippen LogP contribution in [0.25, 0.3) is 0 Å². The minimum Gasteiger partial charge on any atom is -0.486 e. The molecule has 0 unspecified atom stereocenters. The first-order valence-corrected chi connectivity index (χ1v) is 11.3. The average molecular weight is 449 g/mol. The molecule has 32 heavy (non-hydrogen) atoms. The average Bonchev–Trinajstić information content (AvgIpc) is 2.82. The number of fused-ring (bicyclic) bond motifs is 1. The summed E-state index contributed by atoms with van der Waals surface area (Å²) in [6, 6.07) is 20.1. The van der Waals surface area contributed by atoms with Crippen molar-refractivity contribution in [3.63, 3.8) is 0 Å². The molecule has 3 aromatic rings. The third kappa shape index (κ3) is 5.20. The number of hydrogen-bond donors (Lipinski definition) is 2. The molecular weight excluding hydrogens is 428 g/mol. The van der Waals surface area contributed by atoms with Gasteiger partial charge in [0.1, 0.15) is 13.2 Å². The van der Waals surface area contributed by atoms with Crippen molar-refractivity contribution in [2.45, 2.75) is 4.90 Å². The summed E-state index contributed by atoms with van der Waals surface area (Å²) in [5.74, 6) is 6.37. The minimum atomic E-state index is -3.88. The van der Waals surface area contributed by atoms with Crippen LogP contribution in [-0.4, -0.2) is 34.1 Å². The van der Waals surface area contributed by atoms with Crippen molar-refractivity contribution in [1.29, 1.82) is 0 Å². The highest BCUT2D eigenvalue weighted by molar-refractivity contribution is 7.92. The van der Waals surface area contributed by atoms with Crippen molar-refractivity contribution >= 4 is 21.6 Å². The van der Waals surface area contributed by atoms with Crippen LogP contribution in [0.15, 0.2) is 77.7 Å². The lowest BCUT2D eigenvalue weighted by atomic mass is 10.2. The molecule has 3 aromatic carbocycles. The number of carbonyl (C=O) groups excluding carboxylic acids is 1. The molecule has 4 rings (SSSR count). The van der Waals surface area contributed by atoms with E-state index in [1.807, 2.05) is 30.3 Å². The van der Waals surface area contributed by atoms with E-state index in [4.69, 9.17) is 9.47 Å². The normalized spacial score (nSPS) is 12.2. The maximum absolute atomic E-state index is 12.8. The summed E-state index contributed by atoms with van der Waals surface area (Å²) in [6.07, 6.45) is 0. The Labute approximate surface area is 186 Å². The second kappa shape index (κ2) is 9.45. The smallest absolute Gasteiger partial charge is 0.262 e. The summed E-state index contributed by atoms with van der Waals surface area (Å²) >= 11 is 0. The summed E-state index contributed by atoms with van der Waals surface area (Å²) in [4.78, 5) is 12.5. The summed E-state index contributed by atoms with van der Waals surface area (Å²) < 4.78 is 38.9. The Morgan fingerprint density at radius 3 is 2.50 bits per heavy atom.